The van der Waals surface area contributed by atoms with Crippen LogP contribution in [-0.4, -0.2) is 82.4 Å². The molecule has 0 N–H and O–H groups in total. The Morgan fingerprint density at radius 3 is 2.40 bits per heavy atom. The highest BCUT2D eigenvalue weighted by Crippen LogP contribution is 2.08. The molecule has 8 heteroatoms. The zero-order chi connectivity index (χ0) is 15.0. The average molecular weight is 308 g/mol. The lowest BCUT2D eigenvalue weighted by Crippen LogP contribution is -2.49. The van der Waals surface area contributed by atoms with Crippen molar-refractivity contribution in [3.8, 4) is 0 Å². The molecule has 0 aromatic rings. The number of hydrogen-bond donors (Lipinski definition) is 0. The maximum Gasteiger partial charge on any atom is 0.306 e. The molecule has 0 aliphatic carbocycles. The maximum atomic E-state index is 12.0. The Morgan fingerprint density at radius 2 is 1.85 bits per heavy atom. The average Bonchev–Trinajstić information content (AvgIpc) is 2.45. The summed E-state index contributed by atoms with van der Waals surface area (Å²) < 4.78 is 35.2. The summed E-state index contributed by atoms with van der Waals surface area (Å²) in [6.45, 7) is 5.44. The Kier molecular flexibility index (Phi) is 7.42. The van der Waals surface area contributed by atoms with Crippen molar-refractivity contribution in [1.82, 2.24) is 9.21 Å². The van der Waals surface area contributed by atoms with Gasteiger partial charge in [0.05, 0.1) is 25.9 Å². The van der Waals surface area contributed by atoms with E-state index in [9.17, 15) is 13.2 Å². The number of nitrogens with zero attached hydrogens (tertiary/aromatic N) is 2. The Labute approximate surface area is 120 Å². The minimum atomic E-state index is -3.22. The second kappa shape index (κ2) is 8.56. The van der Waals surface area contributed by atoms with Crippen LogP contribution in [-0.2, 0) is 24.3 Å². The van der Waals surface area contributed by atoms with Crippen LogP contribution in [0.25, 0.3) is 0 Å². The summed E-state index contributed by atoms with van der Waals surface area (Å²) in [5.41, 5.74) is 0. The van der Waals surface area contributed by atoms with Crippen molar-refractivity contribution in [3.63, 3.8) is 0 Å². The van der Waals surface area contributed by atoms with Gasteiger partial charge in [0, 0.05) is 39.3 Å². The van der Waals surface area contributed by atoms with E-state index in [2.05, 4.69) is 9.64 Å². The minimum absolute atomic E-state index is 0.0308. The molecule has 0 bridgehead atoms. The van der Waals surface area contributed by atoms with E-state index in [0.717, 1.165) is 0 Å². The van der Waals surface area contributed by atoms with Gasteiger partial charge in [0.1, 0.15) is 0 Å². The third-order valence-corrected chi connectivity index (χ3v) is 5.11. The normalized spacial score (nSPS) is 18.1. The highest BCUT2D eigenvalue weighted by molar-refractivity contribution is 7.89. The van der Waals surface area contributed by atoms with E-state index in [1.165, 1.54) is 11.4 Å². The number of ether oxygens (including phenoxy) is 2. The molecule has 118 valence electrons. The molecule has 0 unspecified atom stereocenters. The van der Waals surface area contributed by atoms with Gasteiger partial charge in [-0.3, -0.25) is 4.79 Å². The van der Waals surface area contributed by atoms with Gasteiger partial charge in [-0.05, 0) is 6.92 Å². The zero-order valence-corrected chi connectivity index (χ0v) is 13.0. The molecule has 1 aliphatic heterocycles. The maximum absolute atomic E-state index is 12.0. The monoisotopic (exact) mass is 308 g/mol. The number of carbonyl (C=O) groups is 1. The van der Waals surface area contributed by atoms with Crippen molar-refractivity contribution < 1.29 is 22.7 Å². The zero-order valence-electron chi connectivity index (χ0n) is 12.2. The van der Waals surface area contributed by atoms with Gasteiger partial charge in [-0.15, -0.1) is 0 Å². The van der Waals surface area contributed by atoms with Crippen LogP contribution in [0.1, 0.15) is 13.3 Å². The highest BCUT2D eigenvalue weighted by Gasteiger charge is 2.26. The Balaban J connectivity index is 2.32. The first-order valence-corrected chi connectivity index (χ1v) is 8.45. The van der Waals surface area contributed by atoms with E-state index in [-0.39, 0.29) is 18.3 Å². The van der Waals surface area contributed by atoms with E-state index in [4.69, 9.17) is 4.74 Å². The van der Waals surface area contributed by atoms with Crippen LogP contribution in [0.15, 0.2) is 0 Å². The number of rotatable bonds is 8. The second-order valence-corrected chi connectivity index (χ2v) is 6.67. The Hall–Kier alpha value is -0.700. The van der Waals surface area contributed by atoms with Crippen molar-refractivity contribution in [2.45, 2.75) is 13.3 Å². The molecular weight excluding hydrogens is 284 g/mol. The number of methoxy groups -OCH3 is 1. The van der Waals surface area contributed by atoms with Crippen LogP contribution in [0.3, 0.4) is 0 Å². The van der Waals surface area contributed by atoms with E-state index < -0.39 is 10.0 Å². The molecule has 0 aromatic carbocycles. The predicted octanol–water partition coefficient (Wildman–Crippen LogP) is -0.467. The summed E-state index contributed by atoms with van der Waals surface area (Å²) in [7, 11) is -1.86. The smallest absolute Gasteiger partial charge is 0.306 e. The van der Waals surface area contributed by atoms with Crippen LogP contribution >= 0.6 is 0 Å². The summed E-state index contributed by atoms with van der Waals surface area (Å²) in [6, 6.07) is 0. The summed E-state index contributed by atoms with van der Waals surface area (Å²) in [4.78, 5) is 13.1. The quantitative estimate of drug-likeness (QED) is 0.446. The van der Waals surface area contributed by atoms with Crippen LogP contribution in [0.5, 0.6) is 0 Å². The van der Waals surface area contributed by atoms with Gasteiger partial charge in [0.15, 0.2) is 0 Å². The SMILES string of the molecule is CCOCCS(=O)(=O)N1CCN(CCC(=O)OC)CC1. The molecule has 0 aromatic heterocycles. The molecule has 7 nitrogen and oxygen atoms in total. The first kappa shape index (κ1) is 17.4. The fourth-order valence-electron chi connectivity index (χ4n) is 2.02. The van der Waals surface area contributed by atoms with Gasteiger partial charge in [-0.1, -0.05) is 0 Å². The molecule has 20 heavy (non-hydrogen) atoms. The third-order valence-electron chi connectivity index (χ3n) is 3.27. The van der Waals surface area contributed by atoms with Crippen LogP contribution in [0.4, 0.5) is 0 Å². The fourth-order valence-corrected chi connectivity index (χ4v) is 3.33. The lowest BCUT2D eigenvalue weighted by Gasteiger charge is -2.33. The summed E-state index contributed by atoms with van der Waals surface area (Å²) in [5, 5.41) is 0. The Morgan fingerprint density at radius 1 is 1.20 bits per heavy atom. The molecule has 1 heterocycles. The van der Waals surface area contributed by atoms with Crippen LogP contribution < -0.4 is 0 Å². The van der Waals surface area contributed by atoms with Gasteiger partial charge in [-0.2, -0.15) is 4.31 Å². The molecule has 1 rings (SSSR count). The van der Waals surface area contributed by atoms with Gasteiger partial charge >= 0.3 is 5.97 Å². The third kappa shape index (κ3) is 5.74. The van der Waals surface area contributed by atoms with Gasteiger partial charge in [0.2, 0.25) is 10.0 Å². The van der Waals surface area contributed by atoms with Crippen LogP contribution in [0, 0.1) is 0 Å². The number of piperazine rings is 1. The largest absolute Gasteiger partial charge is 0.469 e. The van der Waals surface area contributed by atoms with E-state index in [0.29, 0.717) is 45.8 Å². The number of carbonyl (C=O) groups excluding carboxylic acids is 1. The lowest BCUT2D eigenvalue weighted by molar-refractivity contribution is -0.141. The highest BCUT2D eigenvalue weighted by atomic mass is 32.2. The van der Waals surface area contributed by atoms with Crippen molar-refractivity contribution in [3.05, 3.63) is 0 Å². The molecule has 1 saturated heterocycles. The Bertz CT molecular complexity index is 391. The van der Waals surface area contributed by atoms with Gasteiger partial charge < -0.3 is 14.4 Å². The number of sulfonamides is 1. The summed E-state index contributed by atoms with van der Waals surface area (Å²) >= 11 is 0. The first-order chi connectivity index (χ1) is 9.49. The number of hydrogen-bond acceptors (Lipinski definition) is 6. The molecule has 0 amide bonds. The summed E-state index contributed by atoms with van der Waals surface area (Å²) in [6.07, 6.45) is 0.341. The predicted molar refractivity (Wildman–Crippen MR) is 74.9 cm³/mol. The molecule has 0 spiro atoms. The molecule has 0 atom stereocenters. The van der Waals surface area contributed by atoms with Crippen LogP contribution in [0.2, 0.25) is 0 Å². The van der Waals surface area contributed by atoms with Crippen molar-refractivity contribution in [1.29, 1.82) is 0 Å². The van der Waals surface area contributed by atoms with Crippen molar-refractivity contribution >= 4 is 16.0 Å². The van der Waals surface area contributed by atoms with E-state index in [1.807, 2.05) is 6.92 Å². The first-order valence-electron chi connectivity index (χ1n) is 6.84. The summed E-state index contributed by atoms with van der Waals surface area (Å²) in [5.74, 6) is -0.208. The molecular formula is C12H24N2O5S. The lowest BCUT2D eigenvalue weighted by atomic mass is 10.3. The van der Waals surface area contributed by atoms with E-state index in [1.54, 1.807) is 0 Å². The molecule has 0 radical (unpaired) electrons. The molecule has 0 saturated carbocycles. The standard InChI is InChI=1S/C12H24N2O5S/c1-3-19-10-11-20(16,17)14-8-6-13(7-9-14)5-4-12(15)18-2/h3-11H2,1-2H3. The fraction of sp³-hybridized carbons (Fsp3) is 0.917. The van der Waals surface area contributed by atoms with E-state index >= 15 is 0 Å². The topological polar surface area (TPSA) is 76.2 Å². The molecule has 1 aliphatic rings. The molecule has 1 fully saturated rings. The van der Waals surface area contributed by atoms with Crippen molar-refractivity contribution in [2.75, 3.05) is 58.8 Å². The number of esters is 1. The second-order valence-electron chi connectivity index (χ2n) is 4.58. The van der Waals surface area contributed by atoms with Gasteiger partial charge in [-0.25, -0.2) is 8.42 Å². The minimum Gasteiger partial charge on any atom is -0.469 e. The van der Waals surface area contributed by atoms with Crippen molar-refractivity contribution in [2.24, 2.45) is 0 Å². The van der Waals surface area contributed by atoms with Gasteiger partial charge in [0.25, 0.3) is 0 Å².